The number of halogens is 1. The molecule has 0 aliphatic rings. The van der Waals surface area contributed by atoms with Crippen LogP contribution < -0.4 is 11.1 Å². The van der Waals surface area contributed by atoms with Crippen molar-refractivity contribution in [2.24, 2.45) is 5.73 Å². The third kappa shape index (κ3) is 4.08. The number of aromatic nitrogens is 1. The number of hydrogen-bond acceptors (Lipinski definition) is 4. The molecule has 6 heteroatoms. The van der Waals surface area contributed by atoms with Crippen LogP contribution in [0.2, 0.25) is 5.02 Å². The van der Waals surface area contributed by atoms with E-state index in [2.05, 4.69) is 10.3 Å². The summed E-state index contributed by atoms with van der Waals surface area (Å²) in [4.78, 5) is 15.9. The SMILES string of the molecule is NCCc1nc(C(=O)NCCc2ccc(Cl)cc2)co1. The smallest absolute Gasteiger partial charge is 0.273 e. The van der Waals surface area contributed by atoms with Gasteiger partial charge in [0.15, 0.2) is 11.6 Å². The molecule has 0 atom stereocenters. The quantitative estimate of drug-likeness (QED) is 0.851. The van der Waals surface area contributed by atoms with E-state index in [9.17, 15) is 4.79 Å². The van der Waals surface area contributed by atoms with Gasteiger partial charge in [-0.05, 0) is 24.1 Å². The van der Waals surface area contributed by atoms with Crippen molar-refractivity contribution in [3.63, 3.8) is 0 Å². The van der Waals surface area contributed by atoms with E-state index in [1.165, 1.54) is 6.26 Å². The monoisotopic (exact) mass is 293 g/mol. The lowest BCUT2D eigenvalue weighted by Gasteiger charge is -2.03. The van der Waals surface area contributed by atoms with Crippen LogP contribution in [0.3, 0.4) is 0 Å². The van der Waals surface area contributed by atoms with E-state index in [-0.39, 0.29) is 11.6 Å². The molecule has 0 saturated heterocycles. The van der Waals surface area contributed by atoms with Gasteiger partial charge >= 0.3 is 0 Å². The zero-order chi connectivity index (χ0) is 14.4. The predicted molar refractivity (Wildman–Crippen MR) is 76.8 cm³/mol. The van der Waals surface area contributed by atoms with Crippen LogP contribution in [0.15, 0.2) is 34.9 Å². The first kappa shape index (κ1) is 14.6. The summed E-state index contributed by atoms with van der Waals surface area (Å²) in [6.45, 7) is 0.970. The van der Waals surface area contributed by atoms with Crippen molar-refractivity contribution in [2.75, 3.05) is 13.1 Å². The Hall–Kier alpha value is -1.85. The molecule has 1 amide bonds. The molecule has 0 unspecified atom stereocenters. The van der Waals surface area contributed by atoms with Gasteiger partial charge in [-0.2, -0.15) is 0 Å². The maximum Gasteiger partial charge on any atom is 0.273 e. The first-order valence-electron chi connectivity index (χ1n) is 6.36. The zero-order valence-corrected chi connectivity index (χ0v) is 11.7. The molecule has 20 heavy (non-hydrogen) atoms. The average Bonchev–Trinajstić information content (AvgIpc) is 2.90. The fraction of sp³-hybridized carbons (Fsp3) is 0.286. The number of oxazole rings is 1. The Bertz CT molecular complexity index is 566. The summed E-state index contributed by atoms with van der Waals surface area (Å²) >= 11 is 5.81. The van der Waals surface area contributed by atoms with Crippen molar-refractivity contribution in [3.8, 4) is 0 Å². The normalized spacial score (nSPS) is 10.5. The van der Waals surface area contributed by atoms with Crippen LogP contribution in [-0.4, -0.2) is 24.0 Å². The molecule has 2 aromatic rings. The van der Waals surface area contributed by atoms with E-state index in [1.807, 2.05) is 24.3 Å². The van der Waals surface area contributed by atoms with E-state index < -0.39 is 0 Å². The van der Waals surface area contributed by atoms with Gasteiger partial charge < -0.3 is 15.5 Å². The van der Waals surface area contributed by atoms with Crippen LogP contribution in [0, 0.1) is 0 Å². The Balaban J connectivity index is 1.81. The minimum Gasteiger partial charge on any atom is -0.448 e. The molecule has 0 saturated carbocycles. The lowest BCUT2D eigenvalue weighted by Crippen LogP contribution is -2.26. The third-order valence-electron chi connectivity index (χ3n) is 2.76. The molecule has 3 N–H and O–H groups in total. The fourth-order valence-corrected chi connectivity index (χ4v) is 1.84. The topological polar surface area (TPSA) is 81.1 Å². The Kier molecular flexibility index (Phi) is 5.15. The van der Waals surface area contributed by atoms with Crippen LogP contribution >= 0.6 is 11.6 Å². The van der Waals surface area contributed by atoms with Crippen molar-refractivity contribution in [2.45, 2.75) is 12.8 Å². The first-order valence-corrected chi connectivity index (χ1v) is 6.74. The van der Waals surface area contributed by atoms with Gasteiger partial charge in [0.25, 0.3) is 5.91 Å². The number of benzene rings is 1. The molecule has 0 aliphatic heterocycles. The van der Waals surface area contributed by atoms with Gasteiger partial charge in [-0.3, -0.25) is 4.79 Å². The Morgan fingerprint density at radius 2 is 2.05 bits per heavy atom. The van der Waals surface area contributed by atoms with Crippen molar-refractivity contribution in [1.82, 2.24) is 10.3 Å². The van der Waals surface area contributed by atoms with Crippen LogP contribution in [0.25, 0.3) is 0 Å². The second-order valence-corrected chi connectivity index (χ2v) is 4.73. The largest absolute Gasteiger partial charge is 0.448 e. The van der Waals surface area contributed by atoms with E-state index in [1.54, 1.807) is 0 Å². The zero-order valence-electron chi connectivity index (χ0n) is 10.9. The molecule has 1 aromatic carbocycles. The van der Waals surface area contributed by atoms with Gasteiger partial charge in [-0.15, -0.1) is 0 Å². The van der Waals surface area contributed by atoms with Crippen LogP contribution in [0.5, 0.6) is 0 Å². The van der Waals surface area contributed by atoms with Gasteiger partial charge in [-0.1, -0.05) is 23.7 Å². The molecule has 2 rings (SSSR count). The highest BCUT2D eigenvalue weighted by molar-refractivity contribution is 6.30. The maximum atomic E-state index is 11.8. The summed E-state index contributed by atoms with van der Waals surface area (Å²) in [7, 11) is 0. The Morgan fingerprint density at radius 1 is 1.30 bits per heavy atom. The van der Waals surface area contributed by atoms with Gasteiger partial charge in [0, 0.05) is 24.5 Å². The molecule has 106 valence electrons. The van der Waals surface area contributed by atoms with Gasteiger partial charge in [0.05, 0.1) is 0 Å². The molecule has 1 heterocycles. The van der Waals surface area contributed by atoms with Crippen molar-refractivity contribution in [3.05, 3.63) is 52.7 Å². The van der Waals surface area contributed by atoms with E-state index in [4.69, 9.17) is 21.8 Å². The molecule has 0 fully saturated rings. The van der Waals surface area contributed by atoms with Gasteiger partial charge in [-0.25, -0.2) is 4.98 Å². The number of carbonyl (C=O) groups is 1. The summed E-state index contributed by atoms with van der Waals surface area (Å²) in [6.07, 6.45) is 2.61. The number of amides is 1. The molecule has 5 nitrogen and oxygen atoms in total. The molecule has 0 bridgehead atoms. The molecular formula is C14H16ClN3O2. The van der Waals surface area contributed by atoms with Crippen LogP contribution in [-0.2, 0) is 12.8 Å². The van der Waals surface area contributed by atoms with Crippen molar-refractivity contribution in [1.29, 1.82) is 0 Å². The molecule has 0 spiro atoms. The summed E-state index contributed by atoms with van der Waals surface area (Å²) in [5, 5.41) is 3.49. The minimum absolute atomic E-state index is 0.244. The Morgan fingerprint density at radius 3 is 2.75 bits per heavy atom. The average molecular weight is 294 g/mol. The summed E-state index contributed by atoms with van der Waals surface area (Å²) in [5.41, 5.74) is 6.78. The maximum absolute atomic E-state index is 11.8. The molecule has 0 radical (unpaired) electrons. The highest BCUT2D eigenvalue weighted by atomic mass is 35.5. The predicted octanol–water partition coefficient (Wildman–Crippen LogP) is 1.80. The standard InChI is InChI=1S/C14H16ClN3O2/c15-11-3-1-10(2-4-11)6-8-17-14(19)12-9-20-13(18-12)5-7-16/h1-4,9H,5-8,16H2,(H,17,19). The van der Waals surface area contributed by atoms with E-state index >= 15 is 0 Å². The highest BCUT2D eigenvalue weighted by Crippen LogP contribution is 2.09. The minimum atomic E-state index is -0.244. The van der Waals surface area contributed by atoms with Crippen LogP contribution in [0.1, 0.15) is 21.9 Å². The van der Waals surface area contributed by atoms with Crippen LogP contribution in [0.4, 0.5) is 0 Å². The third-order valence-corrected chi connectivity index (χ3v) is 3.01. The lowest BCUT2D eigenvalue weighted by atomic mass is 10.1. The number of hydrogen-bond donors (Lipinski definition) is 2. The van der Waals surface area contributed by atoms with E-state index in [0.29, 0.717) is 30.4 Å². The van der Waals surface area contributed by atoms with Gasteiger partial charge in [0.2, 0.25) is 0 Å². The second-order valence-electron chi connectivity index (χ2n) is 4.30. The molecule has 1 aromatic heterocycles. The lowest BCUT2D eigenvalue weighted by molar-refractivity contribution is 0.0949. The summed E-state index contributed by atoms with van der Waals surface area (Å²) in [6, 6.07) is 7.53. The molecule has 0 aliphatic carbocycles. The fourth-order valence-electron chi connectivity index (χ4n) is 1.72. The second kappa shape index (κ2) is 7.07. The highest BCUT2D eigenvalue weighted by Gasteiger charge is 2.11. The summed E-state index contributed by atoms with van der Waals surface area (Å²) in [5.74, 6) is 0.237. The first-order chi connectivity index (χ1) is 9.69. The Labute approximate surface area is 122 Å². The number of nitrogens with two attached hydrogens (primary N) is 1. The summed E-state index contributed by atoms with van der Waals surface area (Å²) < 4.78 is 5.14. The van der Waals surface area contributed by atoms with E-state index in [0.717, 1.165) is 12.0 Å². The molecular weight excluding hydrogens is 278 g/mol. The number of nitrogens with zero attached hydrogens (tertiary/aromatic N) is 1. The number of rotatable bonds is 6. The number of carbonyl (C=O) groups excluding carboxylic acids is 1. The van der Waals surface area contributed by atoms with Crippen molar-refractivity contribution >= 4 is 17.5 Å². The van der Waals surface area contributed by atoms with Crippen molar-refractivity contribution < 1.29 is 9.21 Å². The van der Waals surface area contributed by atoms with Gasteiger partial charge in [0.1, 0.15) is 6.26 Å². The number of nitrogens with one attached hydrogen (secondary N) is 1.